The average Bonchev–Trinajstić information content (AvgIpc) is 2.62. The highest BCUT2D eigenvalue weighted by Gasteiger charge is 2.39. The molecule has 0 aliphatic carbocycles. The van der Waals surface area contributed by atoms with Gasteiger partial charge in [0.15, 0.2) is 0 Å². The summed E-state index contributed by atoms with van der Waals surface area (Å²) >= 11 is 0. The van der Waals surface area contributed by atoms with Gasteiger partial charge in [-0.05, 0) is 25.0 Å². The maximum absolute atomic E-state index is 12.6. The highest BCUT2D eigenvalue weighted by Crippen LogP contribution is 2.22. The zero-order valence-electron chi connectivity index (χ0n) is 14.5. The van der Waals surface area contributed by atoms with E-state index in [-0.39, 0.29) is 0 Å². The molecule has 2 aromatic rings. The van der Waals surface area contributed by atoms with Crippen molar-refractivity contribution in [2.24, 2.45) is 0 Å². The Kier molecular flexibility index (Phi) is 6.07. The molecule has 0 aromatic heterocycles. The minimum absolute atomic E-state index is 0.338. The molecule has 0 amide bonds. The monoisotopic (exact) mass is 350 g/mol. The fourth-order valence-corrected chi connectivity index (χ4v) is 2.82. The van der Waals surface area contributed by atoms with E-state index in [2.05, 4.69) is 0 Å². The third-order valence-electron chi connectivity index (χ3n) is 4.05. The van der Waals surface area contributed by atoms with E-state index in [0.717, 1.165) is 0 Å². The summed E-state index contributed by atoms with van der Waals surface area (Å²) in [5.41, 5.74) is 0.676. The van der Waals surface area contributed by atoms with Crippen molar-refractivity contribution in [3.63, 3.8) is 0 Å². The molecule has 2 atom stereocenters. The van der Waals surface area contributed by atoms with Gasteiger partial charge in [0.2, 0.25) is 11.6 Å². The van der Waals surface area contributed by atoms with Crippen molar-refractivity contribution in [1.29, 1.82) is 0 Å². The number of carbonyl (C=O) groups excluding carboxylic acids is 5. The maximum atomic E-state index is 12.6. The summed E-state index contributed by atoms with van der Waals surface area (Å²) in [6, 6.07) is 16.1. The van der Waals surface area contributed by atoms with E-state index >= 15 is 0 Å². The zero-order chi connectivity index (χ0) is 19.3. The molecule has 0 bridgehead atoms. The molecular formula is C21H18O5. The number of Topliss-reactive ketones (excluding diaryl/α,β-unsaturated/α-hetero) is 5. The van der Waals surface area contributed by atoms with Gasteiger partial charge < -0.3 is 0 Å². The molecule has 0 aliphatic rings. The molecule has 132 valence electrons. The number of carbonyl (C=O) groups is 5. The highest BCUT2D eigenvalue weighted by molar-refractivity contribution is 6.68. The van der Waals surface area contributed by atoms with E-state index in [1.54, 1.807) is 60.7 Å². The number of rotatable bonds is 8. The quantitative estimate of drug-likeness (QED) is 0.539. The van der Waals surface area contributed by atoms with Gasteiger partial charge in [-0.25, -0.2) is 0 Å². The van der Waals surface area contributed by atoms with Crippen LogP contribution in [-0.2, 0) is 24.0 Å². The third kappa shape index (κ3) is 4.06. The summed E-state index contributed by atoms with van der Waals surface area (Å²) in [6.45, 7) is 2.37. The van der Waals surface area contributed by atoms with E-state index in [9.17, 15) is 24.0 Å². The lowest BCUT2D eigenvalue weighted by atomic mass is 9.83. The van der Waals surface area contributed by atoms with Gasteiger partial charge in [0.1, 0.15) is 23.4 Å². The molecule has 0 saturated heterocycles. The second kappa shape index (κ2) is 8.25. The molecule has 0 heterocycles. The van der Waals surface area contributed by atoms with Crippen LogP contribution in [-0.4, -0.2) is 28.9 Å². The van der Waals surface area contributed by atoms with Crippen LogP contribution in [0.25, 0.3) is 0 Å². The van der Waals surface area contributed by atoms with Crippen LogP contribution in [0.5, 0.6) is 0 Å². The first-order valence-electron chi connectivity index (χ1n) is 8.07. The third-order valence-corrected chi connectivity index (χ3v) is 4.05. The highest BCUT2D eigenvalue weighted by atomic mass is 16.2. The first kappa shape index (κ1) is 19.1. The van der Waals surface area contributed by atoms with Crippen molar-refractivity contribution in [3.8, 4) is 0 Å². The second-order valence-corrected chi connectivity index (χ2v) is 5.97. The molecule has 5 nitrogen and oxygen atoms in total. The van der Waals surface area contributed by atoms with Gasteiger partial charge in [0, 0.05) is 0 Å². The van der Waals surface area contributed by atoms with Crippen LogP contribution < -0.4 is 0 Å². The van der Waals surface area contributed by atoms with Gasteiger partial charge in [-0.3, -0.25) is 24.0 Å². The van der Waals surface area contributed by atoms with Gasteiger partial charge in [0.25, 0.3) is 5.78 Å². The normalized spacial score (nSPS) is 12.7. The van der Waals surface area contributed by atoms with Crippen LogP contribution in [0.1, 0.15) is 36.8 Å². The largest absolute Gasteiger partial charge is 0.299 e. The fourth-order valence-electron chi connectivity index (χ4n) is 2.82. The topological polar surface area (TPSA) is 85.3 Å². The van der Waals surface area contributed by atoms with E-state index in [4.69, 9.17) is 0 Å². The number of benzene rings is 2. The Bertz CT molecular complexity index is 781. The molecule has 5 heteroatoms. The average molecular weight is 350 g/mol. The van der Waals surface area contributed by atoms with Gasteiger partial charge in [-0.2, -0.15) is 0 Å². The van der Waals surface area contributed by atoms with E-state index in [1.807, 2.05) is 0 Å². The van der Waals surface area contributed by atoms with Gasteiger partial charge >= 0.3 is 0 Å². The number of hydrogen-bond acceptors (Lipinski definition) is 5. The summed E-state index contributed by atoms with van der Waals surface area (Å²) in [6.07, 6.45) is 0. The summed E-state index contributed by atoms with van der Waals surface area (Å²) in [5, 5.41) is 0. The molecule has 0 N–H and O–H groups in total. The van der Waals surface area contributed by atoms with Crippen LogP contribution >= 0.6 is 0 Å². The van der Waals surface area contributed by atoms with E-state index < -0.39 is 40.8 Å². The molecule has 2 rings (SSSR count). The number of ketones is 5. The molecule has 0 aliphatic heterocycles. The Morgan fingerprint density at radius 3 is 1.15 bits per heavy atom. The lowest BCUT2D eigenvalue weighted by Crippen LogP contribution is -2.36. The van der Waals surface area contributed by atoms with Crippen LogP contribution in [0.3, 0.4) is 0 Å². The molecular weight excluding hydrogens is 332 g/mol. The summed E-state index contributed by atoms with van der Waals surface area (Å²) in [5.74, 6) is -7.35. The molecule has 0 radical (unpaired) electrons. The second-order valence-electron chi connectivity index (χ2n) is 5.97. The summed E-state index contributed by atoms with van der Waals surface area (Å²) < 4.78 is 0. The van der Waals surface area contributed by atoms with Crippen LogP contribution in [0.2, 0.25) is 0 Å². The first-order chi connectivity index (χ1) is 12.3. The van der Waals surface area contributed by atoms with E-state index in [1.165, 1.54) is 13.8 Å². The maximum Gasteiger partial charge on any atom is 0.266 e. The molecule has 2 unspecified atom stereocenters. The predicted molar refractivity (Wildman–Crippen MR) is 94.7 cm³/mol. The van der Waals surface area contributed by atoms with Crippen molar-refractivity contribution in [2.75, 3.05) is 0 Å². The number of hydrogen-bond donors (Lipinski definition) is 0. The Morgan fingerprint density at radius 2 is 0.885 bits per heavy atom. The molecule has 26 heavy (non-hydrogen) atoms. The van der Waals surface area contributed by atoms with Crippen LogP contribution in [0.4, 0.5) is 0 Å². The standard InChI is InChI=1S/C21H18O5/c1-13(22)17(15-9-5-3-6-10-15)19(24)21(26)20(25)18(14(2)23)16-11-7-4-8-12-16/h3-12,17-18H,1-2H3. The Morgan fingerprint density at radius 1 is 0.577 bits per heavy atom. The minimum Gasteiger partial charge on any atom is -0.299 e. The van der Waals surface area contributed by atoms with E-state index in [0.29, 0.717) is 11.1 Å². The van der Waals surface area contributed by atoms with Gasteiger partial charge in [-0.15, -0.1) is 0 Å². The lowest BCUT2D eigenvalue weighted by Gasteiger charge is -2.15. The van der Waals surface area contributed by atoms with Crippen molar-refractivity contribution in [2.45, 2.75) is 25.7 Å². The van der Waals surface area contributed by atoms with Crippen molar-refractivity contribution >= 4 is 28.9 Å². The van der Waals surface area contributed by atoms with Crippen LogP contribution in [0.15, 0.2) is 60.7 Å². The first-order valence-corrected chi connectivity index (χ1v) is 8.07. The van der Waals surface area contributed by atoms with Gasteiger partial charge in [-0.1, -0.05) is 60.7 Å². The fraction of sp³-hybridized carbons (Fsp3) is 0.190. The van der Waals surface area contributed by atoms with Crippen molar-refractivity contribution in [3.05, 3.63) is 71.8 Å². The van der Waals surface area contributed by atoms with Crippen LogP contribution in [0, 0.1) is 0 Å². The Balaban J connectivity index is 2.36. The minimum atomic E-state index is -1.35. The molecule has 2 aromatic carbocycles. The summed E-state index contributed by atoms with van der Waals surface area (Å²) in [4.78, 5) is 61.5. The van der Waals surface area contributed by atoms with Crippen molar-refractivity contribution in [1.82, 2.24) is 0 Å². The molecule has 0 spiro atoms. The Hall–Kier alpha value is -3.21. The van der Waals surface area contributed by atoms with Gasteiger partial charge in [0.05, 0.1) is 0 Å². The SMILES string of the molecule is CC(=O)C(C(=O)C(=O)C(=O)C(C(C)=O)c1ccccc1)c1ccccc1. The Labute approximate surface area is 151 Å². The summed E-state index contributed by atoms with van der Waals surface area (Å²) in [7, 11) is 0. The predicted octanol–water partition coefficient (Wildman–Crippen LogP) is 2.44. The van der Waals surface area contributed by atoms with Crippen molar-refractivity contribution < 1.29 is 24.0 Å². The molecule has 0 saturated carbocycles. The zero-order valence-corrected chi connectivity index (χ0v) is 14.5. The molecule has 0 fully saturated rings. The lowest BCUT2D eigenvalue weighted by molar-refractivity contribution is -0.146. The smallest absolute Gasteiger partial charge is 0.266 e.